The number of hydrogen-bond donors (Lipinski definition) is 2. The number of H-pyrrole nitrogens is 1. The molecule has 0 bridgehead atoms. The molecule has 0 aliphatic heterocycles. The number of fused-ring (bicyclic) bond motifs is 2. The Kier molecular flexibility index (Phi) is 5.36. The van der Waals surface area contributed by atoms with Crippen LogP contribution in [0.15, 0.2) is 30.9 Å². The van der Waals surface area contributed by atoms with Gasteiger partial charge in [0.15, 0.2) is 12.1 Å². The zero-order valence-electron chi connectivity index (χ0n) is 18.5. The van der Waals surface area contributed by atoms with Crippen LogP contribution in [-0.2, 0) is 10.9 Å². The van der Waals surface area contributed by atoms with E-state index < -0.39 is 35.3 Å². The Morgan fingerprint density at radius 1 is 1.24 bits per heavy atom. The Morgan fingerprint density at radius 2 is 2.03 bits per heavy atom. The van der Waals surface area contributed by atoms with Crippen LogP contribution >= 0.6 is 0 Å². The molecule has 1 unspecified atom stereocenters. The van der Waals surface area contributed by atoms with E-state index in [2.05, 4.69) is 19.9 Å². The van der Waals surface area contributed by atoms with E-state index in [9.17, 15) is 22.7 Å². The van der Waals surface area contributed by atoms with Gasteiger partial charge in [-0.25, -0.2) is 19.3 Å². The summed E-state index contributed by atoms with van der Waals surface area (Å²) < 4.78 is 62.4. The highest BCUT2D eigenvalue weighted by molar-refractivity contribution is 5.93. The van der Waals surface area contributed by atoms with E-state index in [0.29, 0.717) is 29.4 Å². The molecular formula is C23H23F4N5O2. The van der Waals surface area contributed by atoms with Crippen molar-refractivity contribution in [2.45, 2.75) is 51.1 Å². The summed E-state index contributed by atoms with van der Waals surface area (Å²) in [5.41, 5.74) is -0.734. The second-order valence-electron chi connectivity index (χ2n) is 8.99. The number of halogens is 4. The van der Waals surface area contributed by atoms with Gasteiger partial charge in [-0.2, -0.15) is 13.2 Å². The van der Waals surface area contributed by atoms with Crippen molar-refractivity contribution in [2.24, 2.45) is 5.41 Å². The maximum Gasteiger partial charge on any atom is 0.418 e. The topological polar surface area (TPSA) is 88.9 Å². The summed E-state index contributed by atoms with van der Waals surface area (Å²) in [5, 5.41) is 10.9. The number of rotatable bonds is 4. The van der Waals surface area contributed by atoms with Crippen molar-refractivity contribution in [1.29, 1.82) is 0 Å². The van der Waals surface area contributed by atoms with E-state index >= 15 is 0 Å². The van der Waals surface area contributed by atoms with Gasteiger partial charge in [-0.1, -0.05) is 19.8 Å². The molecule has 0 amide bonds. The molecule has 4 aromatic heterocycles. The maximum absolute atomic E-state index is 13.9. The molecule has 0 aromatic carbocycles. The number of pyridine rings is 1. The summed E-state index contributed by atoms with van der Waals surface area (Å²) in [6.07, 6.45) is 1.80. The van der Waals surface area contributed by atoms with Crippen molar-refractivity contribution < 1.29 is 27.4 Å². The number of alkyl halides is 3. The van der Waals surface area contributed by atoms with Crippen molar-refractivity contribution in [1.82, 2.24) is 24.5 Å². The van der Waals surface area contributed by atoms with Crippen LogP contribution in [0.1, 0.15) is 44.2 Å². The molecule has 4 aromatic rings. The lowest BCUT2D eigenvalue weighted by molar-refractivity contribution is -0.178. The fraction of sp³-hybridized carbons (Fsp3) is 0.435. The molecule has 34 heavy (non-hydrogen) atoms. The Morgan fingerprint density at radius 3 is 2.76 bits per heavy atom. The Bertz CT molecular complexity index is 1360. The van der Waals surface area contributed by atoms with E-state index in [1.165, 1.54) is 17.7 Å². The van der Waals surface area contributed by atoms with Crippen LogP contribution in [0.4, 0.5) is 17.6 Å². The van der Waals surface area contributed by atoms with Gasteiger partial charge in [-0.05, 0) is 18.9 Å². The lowest BCUT2D eigenvalue weighted by Crippen LogP contribution is -2.43. The van der Waals surface area contributed by atoms with E-state index in [1.807, 2.05) is 6.92 Å². The molecule has 3 atom stereocenters. The SMILES string of the molecule is COC(O)[C@]1(C)CCCC[C@H]1n1cc(C(F)(F)F)c2cnc(-c3c[nH]c4ncc(F)cc34)nc21. The van der Waals surface area contributed by atoms with Gasteiger partial charge in [0.2, 0.25) is 0 Å². The van der Waals surface area contributed by atoms with Gasteiger partial charge in [0.25, 0.3) is 0 Å². The predicted molar refractivity (Wildman–Crippen MR) is 116 cm³/mol. The van der Waals surface area contributed by atoms with Crippen LogP contribution in [-0.4, -0.2) is 43.0 Å². The number of aliphatic hydroxyl groups is 1. The molecule has 0 radical (unpaired) electrons. The maximum atomic E-state index is 13.9. The summed E-state index contributed by atoms with van der Waals surface area (Å²) >= 11 is 0. The molecule has 0 saturated heterocycles. The van der Waals surface area contributed by atoms with Crippen molar-refractivity contribution >= 4 is 22.1 Å². The molecular weight excluding hydrogens is 454 g/mol. The third-order valence-electron chi connectivity index (χ3n) is 6.94. The van der Waals surface area contributed by atoms with Gasteiger partial charge in [-0.15, -0.1) is 0 Å². The first-order valence-electron chi connectivity index (χ1n) is 10.9. The van der Waals surface area contributed by atoms with Gasteiger partial charge in [-0.3, -0.25) is 0 Å². The zero-order chi connectivity index (χ0) is 24.3. The first-order chi connectivity index (χ1) is 16.1. The van der Waals surface area contributed by atoms with Gasteiger partial charge in [0, 0.05) is 53.5 Å². The van der Waals surface area contributed by atoms with Gasteiger partial charge in [0.1, 0.15) is 17.1 Å². The molecule has 5 rings (SSSR count). The fourth-order valence-electron chi connectivity index (χ4n) is 5.14. The van der Waals surface area contributed by atoms with Crippen LogP contribution in [0.2, 0.25) is 0 Å². The number of aromatic nitrogens is 5. The van der Waals surface area contributed by atoms with Gasteiger partial charge >= 0.3 is 6.18 Å². The van der Waals surface area contributed by atoms with Crippen molar-refractivity contribution in [3.05, 3.63) is 42.2 Å². The average Bonchev–Trinajstić information content (AvgIpc) is 3.39. The molecule has 1 aliphatic rings. The van der Waals surface area contributed by atoms with E-state index in [-0.39, 0.29) is 16.9 Å². The summed E-state index contributed by atoms with van der Waals surface area (Å²) in [6.45, 7) is 1.82. The van der Waals surface area contributed by atoms with Gasteiger partial charge < -0.3 is 19.4 Å². The number of aromatic amines is 1. The largest absolute Gasteiger partial charge is 0.418 e. The highest BCUT2D eigenvalue weighted by atomic mass is 19.4. The number of ether oxygens (including phenoxy) is 1. The molecule has 11 heteroatoms. The second kappa shape index (κ2) is 8.02. The zero-order valence-corrected chi connectivity index (χ0v) is 18.5. The Balaban J connectivity index is 1.73. The number of aliphatic hydroxyl groups excluding tert-OH is 1. The van der Waals surface area contributed by atoms with Crippen molar-refractivity contribution in [2.75, 3.05) is 7.11 Å². The summed E-state index contributed by atoms with van der Waals surface area (Å²) in [5.74, 6) is -0.410. The lowest BCUT2D eigenvalue weighted by Gasteiger charge is -2.44. The average molecular weight is 477 g/mol. The third-order valence-corrected chi connectivity index (χ3v) is 6.94. The van der Waals surface area contributed by atoms with Crippen LogP contribution in [0, 0.1) is 11.2 Å². The van der Waals surface area contributed by atoms with Crippen LogP contribution in [0.25, 0.3) is 33.5 Å². The van der Waals surface area contributed by atoms with Gasteiger partial charge in [0.05, 0.1) is 11.8 Å². The smallest absolute Gasteiger partial charge is 0.367 e. The lowest BCUT2D eigenvalue weighted by atomic mass is 9.71. The van der Waals surface area contributed by atoms with Crippen LogP contribution in [0.5, 0.6) is 0 Å². The first kappa shape index (κ1) is 22.7. The molecule has 1 saturated carbocycles. The quantitative estimate of drug-likeness (QED) is 0.311. The molecule has 7 nitrogen and oxygen atoms in total. The van der Waals surface area contributed by atoms with E-state index in [0.717, 1.165) is 31.4 Å². The molecule has 0 spiro atoms. The molecule has 1 aliphatic carbocycles. The summed E-state index contributed by atoms with van der Waals surface area (Å²) in [7, 11) is 1.38. The minimum Gasteiger partial charge on any atom is -0.367 e. The monoisotopic (exact) mass is 477 g/mol. The summed E-state index contributed by atoms with van der Waals surface area (Å²) in [6, 6.07) is 0.786. The van der Waals surface area contributed by atoms with Crippen molar-refractivity contribution in [3.8, 4) is 11.4 Å². The highest BCUT2D eigenvalue weighted by Crippen LogP contribution is 2.49. The molecule has 4 heterocycles. The predicted octanol–water partition coefficient (Wildman–Crippen LogP) is 5.22. The third kappa shape index (κ3) is 3.54. The van der Waals surface area contributed by atoms with Crippen LogP contribution in [0.3, 0.4) is 0 Å². The number of methoxy groups -OCH3 is 1. The van der Waals surface area contributed by atoms with Crippen LogP contribution < -0.4 is 0 Å². The minimum atomic E-state index is -4.62. The standard InChI is InChI=1S/C23H23F4N5O2/c1-22(21(33)34-2)6-4-3-5-17(22)32-11-16(23(25,26)27)15-10-30-19(31-20(15)32)14-9-29-18-13(14)7-12(24)8-28-18/h7-11,17,21,33H,3-6H2,1-2H3,(H,28,29)/t17-,21?,22-/m1/s1. The normalized spacial score (nSPS) is 22.5. The first-order valence-corrected chi connectivity index (χ1v) is 10.9. The van der Waals surface area contributed by atoms with E-state index in [1.54, 1.807) is 6.20 Å². The highest BCUT2D eigenvalue weighted by Gasteiger charge is 2.46. The fourth-order valence-corrected chi connectivity index (χ4v) is 5.14. The minimum absolute atomic E-state index is 0.0949. The Labute approximate surface area is 191 Å². The number of nitrogens with zero attached hydrogens (tertiary/aromatic N) is 4. The summed E-state index contributed by atoms with van der Waals surface area (Å²) in [4.78, 5) is 15.6. The number of nitrogens with one attached hydrogen (secondary N) is 1. The molecule has 2 N–H and O–H groups in total. The molecule has 1 fully saturated rings. The van der Waals surface area contributed by atoms with E-state index in [4.69, 9.17) is 4.74 Å². The Hall–Kier alpha value is -3.05. The second-order valence-corrected chi connectivity index (χ2v) is 8.99. The number of hydrogen-bond acceptors (Lipinski definition) is 5. The van der Waals surface area contributed by atoms with Crippen molar-refractivity contribution in [3.63, 3.8) is 0 Å². The molecule has 180 valence electrons.